The van der Waals surface area contributed by atoms with Gasteiger partial charge in [-0.3, -0.25) is 14.9 Å². The van der Waals surface area contributed by atoms with Crippen LogP contribution in [0, 0.1) is 10.1 Å². The summed E-state index contributed by atoms with van der Waals surface area (Å²) in [5.74, 6) is -0.204. The van der Waals surface area contributed by atoms with Crippen molar-refractivity contribution in [3.05, 3.63) is 33.9 Å². The lowest BCUT2D eigenvalue weighted by Crippen LogP contribution is -2.35. The van der Waals surface area contributed by atoms with E-state index in [2.05, 4.69) is 5.32 Å². The molecule has 0 saturated carbocycles. The van der Waals surface area contributed by atoms with Crippen LogP contribution in [0.5, 0.6) is 0 Å². The van der Waals surface area contributed by atoms with E-state index in [0.717, 1.165) is 19.3 Å². The van der Waals surface area contributed by atoms with Crippen LogP contribution in [0.1, 0.15) is 29.6 Å². The lowest BCUT2D eigenvalue weighted by Gasteiger charge is -2.26. The van der Waals surface area contributed by atoms with Crippen LogP contribution in [0.2, 0.25) is 0 Å². The zero-order chi connectivity index (χ0) is 15.4. The Bertz CT molecular complexity index is 585. The first kappa shape index (κ1) is 15.2. The van der Waals surface area contributed by atoms with Crippen molar-refractivity contribution in [1.29, 1.82) is 0 Å². The minimum absolute atomic E-state index is 0.00753. The lowest BCUT2D eigenvalue weighted by atomic mass is 10.1. The fourth-order valence-corrected chi connectivity index (χ4v) is 2.45. The Morgan fingerprint density at radius 2 is 1.95 bits per heavy atom. The molecule has 1 aromatic rings. The number of carbonyl (C=O) groups excluding carboxylic acids is 1. The predicted molar refractivity (Wildman–Crippen MR) is 83.3 cm³/mol. The summed E-state index contributed by atoms with van der Waals surface area (Å²) >= 11 is 4.72. The average molecular weight is 308 g/mol. The second-order valence-corrected chi connectivity index (χ2v) is 5.31. The summed E-state index contributed by atoms with van der Waals surface area (Å²) < 4.78 is 0. The molecule has 0 radical (unpaired) electrons. The van der Waals surface area contributed by atoms with Crippen molar-refractivity contribution in [2.45, 2.75) is 19.3 Å². The van der Waals surface area contributed by atoms with Gasteiger partial charge in [0, 0.05) is 36.5 Å². The van der Waals surface area contributed by atoms with Gasteiger partial charge in [0.05, 0.1) is 4.92 Å². The number of anilines is 1. The van der Waals surface area contributed by atoms with Crippen molar-refractivity contribution in [2.24, 2.45) is 5.73 Å². The van der Waals surface area contributed by atoms with Gasteiger partial charge in [-0.1, -0.05) is 0 Å². The molecule has 1 aliphatic heterocycles. The van der Waals surface area contributed by atoms with Gasteiger partial charge >= 0.3 is 0 Å². The van der Waals surface area contributed by atoms with Crippen LogP contribution in [-0.2, 0) is 0 Å². The standard InChI is InChI=1S/C13H16N4O3S/c14-13(21)15-10-6-9(7-11(8-10)17(19)20)12(18)16-4-2-1-3-5-16/h6-8H,1-5H2,(H3,14,15,21). The number of carbonyl (C=O) groups is 1. The third-order valence-electron chi connectivity index (χ3n) is 3.29. The minimum atomic E-state index is -0.544. The molecular weight excluding hydrogens is 292 g/mol. The molecule has 2 rings (SSSR count). The Labute approximate surface area is 127 Å². The smallest absolute Gasteiger partial charge is 0.272 e. The number of piperidine rings is 1. The second-order valence-electron chi connectivity index (χ2n) is 4.87. The maximum atomic E-state index is 12.4. The molecule has 3 N–H and O–H groups in total. The van der Waals surface area contributed by atoms with Gasteiger partial charge in [0.1, 0.15) is 0 Å². The molecule has 0 unspecified atom stereocenters. The molecule has 1 saturated heterocycles. The molecule has 1 fully saturated rings. The SMILES string of the molecule is NC(=S)Nc1cc(C(=O)N2CCCCC2)cc([N+](=O)[O-])c1. The Morgan fingerprint density at radius 1 is 1.29 bits per heavy atom. The van der Waals surface area contributed by atoms with Gasteiger partial charge in [-0.25, -0.2) is 0 Å². The number of non-ortho nitro benzene ring substituents is 1. The van der Waals surface area contributed by atoms with E-state index in [0.29, 0.717) is 18.8 Å². The summed E-state index contributed by atoms with van der Waals surface area (Å²) in [7, 11) is 0. The van der Waals surface area contributed by atoms with E-state index in [-0.39, 0.29) is 22.3 Å². The van der Waals surface area contributed by atoms with Crippen molar-refractivity contribution in [1.82, 2.24) is 4.90 Å². The summed E-state index contributed by atoms with van der Waals surface area (Å²) in [5, 5.41) is 13.6. The monoisotopic (exact) mass is 308 g/mol. The maximum absolute atomic E-state index is 12.4. The molecular formula is C13H16N4O3S. The summed E-state index contributed by atoms with van der Waals surface area (Å²) in [4.78, 5) is 24.6. The molecule has 1 amide bonds. The molecule has 112 valence electrons. The fourth-order valence-electron chi connectivity index (χ4n) is 2.33. The lowest BCUT2D eigenvalue weighted by molar-refractivity contribution is -0.384. The normalized spacial score (nSPS) is 14.6. The molecule has 0 aliphatic carbocycles. The van der Waals surface area contributed by atoms with E-state index in [1.807, 2.05) is 0 Å². The first-order valence-electron chi connectivity index (χ1n) is 6.62. The van der Waals surface area contributed by atoms with Gasteiger partial charge in [0.15, 0.2) is 5.11 Å². The molecule has 21 heavy (non-hydrogen) atoms. The number of hydrogen-bond acceptors (Lipinski definition) is 4. The van der Waals surface area contributed by atoms with Gasteiger partial charge in [-0.05, 0) is 37.5 Å². The number of nitro groups is 1. The summed E-state index contributed by atoms with van der Waals surface area (Å²) in [6.45, 7) is 1.36. The van der Waals surface area contributed by atoms with E-state index in [1.165, 1.54) is 18.2 Å². The first-order valence-corrected chi connectivity index (χ1v) is 7.03. The fraction of sp³-hybridized carbons (Fsp3) is 0.385. The number of thiocarbonyl (C=S) groups is 1. The zero-order valence-corrected chi connectivity index (χ0v) is 12.2. The molecule has 1 aromatic carbocycles. The quantitative estimate of drug-likeness (QED) is 0.502. The summed E-state index contributed by atoms with van der Waals surface area (Å²) in [6, 6.07) is 4.11. The zero-order valence-electron chi connectivity index (χ0n) is 11.4. The van der Waals surface area contributed by atoms with Crippen LogP contribution in [0.25, 0.3) is 0 Å². The van der Waals surface area contributed by atoms with E-state index in [1.54, 1.807) is 4.90 Å². The van der Waals surface area contributed by atoms with Gasteiger partial charge in [0.25, 0.3) is 11.6 Å². The van der Waals surface area contributed by atoms with Gasteiger partial charge in [0.2, 0.25) is 0 Å². The number of nitrogens with zero attached hydrogens (tertiary/aromatic N) is 2. The Kier molecular flexibility index (Phi) is 4.69. The molecule has 0 aromatic heterocycles. The van der Waals surface area contributed by atoms with E-state index < -0.39 is 4.92 Å². The maximum Gasteiger partial charge on any atom is 0.272 e. The third-order valence-corrected chi connectivity index (χ3v) is 3.39. The Morgan fingerprint density at radius 3 is 2.52 bits per heavy atom. The predicted octanol–water partition coefficient (Wildman–Crippen LogP) is 1.88. The summed E-state index contributed by atoms with van der Waals surface area (Å²) in [5.41, 5.74) is 5.82. The van der Waals surface area contributed by atoms with Crippen LogP contribution in [-0.4, -0.2) is 33.9 Å². The topological polar surface area (TPSA) is 102 Å². The van der Waals surface area contributed by atoms with Crippen molar-refractivity contribution >= 4 is 34.6 Å². The Balaban J connectivity index is 2.32. The number of rotatable bonds is 3. The number of nitrogens with two attached hydrogens (primary N) is 1. The highest BCUT2D eigenvalue weighted by molar-refractivity contribution is 7.80. The van der Waals surface area contributed by atoms with Gasteiger partial charge < -0.3 is 16.0 Å². The molecule has 1 heterocycles. The number of nitrogens with one attached hydrogen (secondary N) is 1. The average Bonchev–Trinajstić information content (AvgIpc) is 2.46. The van der Waals surface area contributed by atoms with Crippen molar-refractivity contribution in [3.63, 3.8) is 0 Å². The number of nitro benzene ring substituents is 1. The Hall–Kier alpha value is -2.22. The number of hydrogen-bond donors (Lipinski definition) is 2. The number of amides is 1. The van der Waals surface area contributed by atoms with E-state index >= 15 is 0 Å². The van der Waals surface area contributed by atoms with Crippen molar-refractivity contribution < 1.29 is 9.72 Å². The molecule has 0 spiro atoms. The first-order chi connectivity index (χ1) is 9.97. The molecule has 8 heteroatoms. The summed E-state index contributed by atoms with van der Waals surface area (Å²) in [6.07, 6.45) is 3.02. The number of benzene rings is 1. The number of likely N-dealkylation sites (tertiary alicyclic amines) is 1. The van der Waals surface area contributed by atoms with Gasteiger partial charge in [-0.15, -0.1) is 0 Å². The van der Waals surface area contributed by atoms with Crippen molar-refractivity contribution in [2.75, 3.05) is 18.4 Å². The highest BCUT2D eigenvalue weighted by atomic mass is 32.1. The van der Waals surface area contributed by atoms with Crippen LogP contribution < -0.4 is 11.1 Å². The highest BCUT2D eigenvalue weighted by Gasteiger charge is 2.21. The molecule has 7 nitrogen and oxygen atoms in total. The minimum Gasteiger partial charge on any atom is -0.376 e. The molecule has 0 bridgehead atoms. The van der Waals surface area contributed by atoms with E-state index in [9.17, 15) is 14.9 Å². The largest absolute Gasteiger partial charge is 0.376 e. The van der Waals surface area contributed by atoms with Crippen LogP contribution in [0.3, 0.4) is 0 Å². The molecule has 1 aliphatic rings. The van der Waals surface area contributed by atoms with Gasteiger partial charge in [-0.2, -0.15) is 0 Å². The van der Waals surface area contributed by atoms with Crippen LogP contribution in [0.15, 0.2) is 18.2 Å². The third kappa shape index (κ3) is 3.88. The van der Waals surface area contributed by atoms with Crippen molar-refractivity contribution in [3.8, 4) is 0 Å². The highest BCUT2D eigenvalue weighted by Crippen LogP contribution is 2.23. The van der Waals surface area contributed by atoms with E-state index in [4.69, 9.17) is 18.0 Å². The van der Waals surface area contributed by atoms with Crippen LogP contribution in [0.4, 0.5) is 11.4 Å². The molecule has 0 atom stereocenters. The second kappa shape index (κ2) is 6.49. The van der Waals surface area contributed by atoms with Crippen LogP contribution >= 0.6 is 12.2 Å².